The van der Waals surface area contributed by atoms with Crippen LogP contribution in [0, 0.1) is 0 Å². The molecule has 1 fully saturated rings. The van der Waals surface area contributed by atoms with Gasteiger partial charge in [0.05, 0.1) is 12.7 Å². The van der Waals surface area contributed by atoms with Crippen molar-refractivity contribution in [2.75, 3.05) is 0 Å². The fourth-order valence-corrected chi connectivity index (χ4v) is 2.01. The molecule has 0 aliphatic heterocycles. The van der Waals surface area contributed by atoms with Crippen LogP contribution < -0.4 is 5.32 Å². The molecule has 0 spiro atoms. The average Bonchev–Trinajstić information content (AvgIpc) is 2.90. The van der Waals surface area contributed by atoms with E-state index < -0.39 is 0 Å². The predicted octanol–water partition coefficient (Wildman–Crippen LogP) is 1.52. The van der Waals surface area contributed by atoms with E-state index >= 15 is 0 Å². The van der Waals surface area contributed by atoms with Crippen LogP contribution in [-0.2, 0) is 20.1 Å². The summed E-state index contributed by atoms with van der Waals surface area (Å²) in [5.74, 6) is 0. The van der Waals surface area contributed by atoms with Crippen molar-refractivity contribution in [1.82, 2.24) is 19.7 Å². The number of hydrogen-bond donors (Lipinski definition) is 1. The van der Waals surface area contributed by atoms with E-state index in [0.29, 0.717) is 0 Å². The number of nitrogens with one attached hydrogen (secondary N) is 1. The Labute approximate surface area is 101 Å². The molecule has 0 unspecified atom stereocenters. The topological polar surface area (TPSA) is 34.8 Å². The summed E-state index contributed by atoms with van der Waals surface area (Å²) in [6, 6.07) is 2.96. The number of aromatic nitrogens is 3. The summed E-state index contributed by atoms with van der Waals surface area (Å²) in [5.41, 5.74) is 2.60. The molecule has 1 saturated carbocycles. The second-order valence-electron chi connectivity index (χ2n) is 4.87. The van der Waals surface area contributed by atoms with Crippen LogP contribution in [0.25, 0.3) is 0 Å². The van der Waals surface area contributed by atoms with Crippen LogP contribution in [0.15, 0.2) is 30.9 Å². The maximum Gasteiger partial charge on any atom is 0.0539 e. The monoisotopic (exact) mass is 230 g/mol. The molecule has 3 rings (SSSR count). The van der Waals surface area contributed by atoms with Crippen LogP contribution in [0.3, 0.4) is 0 Å². The van der Waals surface area contributed by atoms with E-state index in [4.69, 9.17) is 0 Å². The third-order valence-corrected chi connectivity index (χ3v) is 3.11. The fourth-order valence-electron chi connectivity index (χ4n) is 2.01. The molecule has 0 aromatic carbocycles. The minimum absolute atomic E-state index is 0.775. The van der Waals surface area contributed by atoms with Gasteiger partial charge in [-0.15, -0.1) is 0 Å². The highest BCUT2D eigenvalue weighted by atomic mass is 15.2. The Kier molecular flexibility index (Phi) is 2.73. The first kappa shape index (κ1) is 10.6. The minimum atomic E-state index is 0.775. The van der Waals surface area contributed by atoms with Gasteiger partial charge in [0.15, 0.2) is 0 Å². The summed E-state index contributed by atoms with van der Waals surface area (Å²) < 4.78 is 4.05. The van der Waals surface area contributed by atoms with Gasteiger partial charge < -0.3 is 9.88 Å². The van der Waals surface area contributed by atoms with Crippen molar-refractivity contribution >= 4 is 0 Å². The molecule has 1 aliphatic carbocycles. The van der Waals surface area contributed by atoms with Crippen LogP contribution in [0.5, 0.6) is 0 Å². The smallest absolute Gasteiger partial charge is 0.0539 e. The fraction of sp³-hybridized carbons (Fsp3) is 0.462. The Morgan fingerprint density at radius 3 is 2.94 bits per heavy atom. The number of aryl methyl sites for hydroxylation is 1. The highest BCUT2D eigenvalue weighted by molar-refractivity contribution is 5.13. The van der Waals surface area contributed by atoms with Crippen LogP contribution in [-0.4, -0.2) is 20.4 Å². The maximum absolute atomic E-state index is 4.18. The second kappa shape index (κ2) is 4.37. The third kappa shape index (κ3) is 2.77. The van der Waals surface area contributed by atoms with E-state index in [1.807, 2.05) is 17.9 Å². The first-order valence-corrected chi connectivity index (χ1v) is 6.15. The molecule has 0 bridgehead atoms. The summed E-state index contributed by atoms with van der Waals surface area (Å²) in [7, 11) is 1.95. The molecule has 4 nitrogen and oxygen atoms in total. The van der Waals surface area contributed by atoms with Crippen molar-refractivity contribution in [3.63, 3.8) is 0 Å². The van der Waals surface area contributed by atoms with Gasteiger partial charge >= 0.3 is 0 Å². The third-order valence-electron chi connectivity index (χ3n) is 3.11. The van der Waals surface area contributed by atoms with Crippen molar-refractivity contribution in [2.24, 2.45) is 7.05 Å². The molecule has 90 valence electrons. The molecule has 2 heterocycles. The van der Waals surface area contributed by atoms with Crippen molar-refractivity contribution in [3.8, 4) is 0 Å². The average molecular weight is 230 g/mol. The number of hydrogen-bond acceptors (Lipinski definition) is 2. The highest BCUT2D eigenvalue weighted by Crippen LogP contribution is 2.19. The van der Waals surface area contributed by atoms with Crippen molar-refractivity contribution in [3.05, 3.63) is 42.0 Å². The maximum atomic E-state index is 4.18. The lowest BCUT2D eigenvalue weighted by atomic mass is 10.3. The van der Waals surface area contributed by atoms with Gasteiger partial charge in [-0.1, -0.05) is 0 Å². The van der Waals surface area contributed by atoms with Crippen molar-refractivity contribution in [2.45, 2.75) is 32.0 Å². The second-order valence-corrected chi connectivity index (χ2v) is 4.87. The Bertz CT molecular complexity index is 493. The van der Waals surface area contributed by atoms with E-state index in [-0.39, 0.29) is 0 Å². The minimum Gasteiger partial charge on any atom is -0.349 e. The molecule has 17 heavy (non-hydrogen) atoms. The predicted molar refractivity (Wildman–Crippen MR) is 66.6 cm³/mol. The molecule has 0 atom stereocenters. The van der Waals surface area contributed by atoms with Gasteiger partial charge in [-0.25, -0.2) is 0 Å². The van der Waals surface area contributed by atoms with Gasteiger partial charge in [-0.3, -0.25) is 4.68 Å². The van der Waals surface area contributed by atoms with Crippen molar-refractivity contribution in [1.29, 1.82) is 0 Å². The SMILES string of the molecule is Cn1cc(Cn2ccc(CNC3CC3)c2)cn1. The number of nitrogens with zero attached hydrogens (tertiary/aromatic N) is 3. The molecular weight excluding hydrogens is 212 g/mol. The molecule has 1 N–H and O–H groups in total. The van der Waals surface area contributed by atoms with E-state index in [1.54, 1.807) is 0 Å². The van der Waals surface area contributed by atoms with E-state index in [0.717, 1.165) is 19.1 Å². The van der Waals surface area contributed by atoms with Gasteiger partial charge in [-0.05, 0) is 24.5 Å². The summed E-state index contributed by atoms with van der Waals surface area (Å²) in [4.78, 5) is 0. The first-order valence-electron chi connectivity index (χ1n) is 6.15. The lowest BCUT2D eigenvalue weighted by Gasteiger charge is -2.00. The molecule has 2 aromatic heterocycles. The summed E-state index contributed by atoms with van der Waals surface area (Å²) in [5, 5.41) is 7.70. The molecule has 2 aromatic rings. The van der Waals surface area contributed by atoms with Gasteiger partial charge in [0, 0.05) is 43.8 Å². The van der Waals surface area contributed by atoms with Crippen LogP contribution in [0.1, 0.15) is 24.0 Å². The Morgan fingerprint density at radius 1 is 1.35 bits per heavy atom. The molecule has 0 amide bonds. The zero-order valence-corrected chi connectivity index (χ0v) is 10.1. The molecule has 0 radical (unpaired) electrons. The first-order chi connectivity index (χ1) is 8.29. The van der Waals surface area contributed by atoms with Gasteiger partial charge in [-0.2, -0.15) is 5.10 Å². The van der Waals surface area contributed by atoms with E-state index in [2.05, 4.69) is 39.6 Å². The molecule has 1 aliphatic rings. The largest absolute Gasteiger partial charge is 0.349 e. The van der Waals surface area contributed by atoms with Gasteiger partial charge in [0.25, 0.3) is 0 Å². The van der Waals surface area contributed by atoms with E-state index in [9.17, 15) is 0 Å². The van der Waals surface area contributed by atoms with Crippen LogP contribution in [0.2, 0.25) is 0 Å². The Balaban J connectivity index is 1.59. The summed E-state index contributed by atoms with van der Waals surface area (Å²) in [6.07, 6.45) is 11.0. The molecule has 0 saturated heterocycles. The lowest BCUT2D eigenvalue weighted by molar-refractivity contribution is 0.685. The van der Waals surface area contributed by atoms with Gasteiger partial charge in [0.1, 0.15) is 0 Å². The lowest BCUT2D eigenvalue weighted by Crippen LogP contribution is -2.14. The molecular formula is C13H18N4. The quantitative estimate of drug-likeness (QED) is 0.845. The zero-order chi connectivity index (χ0) is 11.7. The van der Waals surface area contributed by atoms with Crippen LogP contribution in [0.4, 0.5) is 0 Å². The van der Waals surface area contributed by atoms with Crippen LogP contribution >= 0.6 is 0 Å². The van der Waals surface area contributed by atoms with Gasteiger partial charge in [0.2, 0.25) is 0 Å². The number of rotatable bonds is 5. The van der Waals surface area contributed by atoms with E-state index in [1.165, 1.54) is 24.0 Å². The summed E-state index contributed by atoms with van der Waals surface area (Å²) >= 11 is 0. The Hall–Kier alpha value is -1.55. The standard InChI is InChI=1S/C13H18N4/c1-16-8-12(7-15-16)10-17-5-4-11(9-17)6-14-13-2-3-13/h4-5,7-9,13-14H,2-3,6,10H2,1H3. The molecule has 4 heteroatoms. The Morgan fingerprint density at radius 2 is 2.24 bits per heavy atom. The van der Waals surface area contributed by atoms with Crippen molar-refractivity contribution < 1.29 is 0 Å². The normalized spacial score (nSPS) is 15.4. The zero-order valence-electron chi connectivity index (χ0n) is 10.1. The highest BCUT2D eigenvalue weighted by Gasteiger charge is 2.19. The summed E-state index contributed by atoms with van der Waals surface area (Å²) in [6.45, 7) is 1.89.